The van der Waals surface area contributed by atoms with Crippen LogP contribution in [0.25, 0.3) is 0 Å². The summed E-state index contributed by atoms with van der Waals surface area (Å²) in [5, 5.41) is 15.0. The van der Waals surface area contributed by atoms with Gasteiger partial charge in [0.05, 0.1) is 30.6 Å². The summed E-state index contributed by atoms with van der Waals surface area (Å²) in [5.41, 5.74) is 3.58. The molecule has 2 aromatic carbocycles. The second-order valence-electron chi connectivity index (χ2n) is 6.10. The normalized spacial score (nSPS) is 10.0. The Bertz CT molecular complexity index is 977. The average Bonchev–Trinajstić information content (AvgIpc) is 2.75. The zero-order valence-electron chi connectivity index (χ0n) is 15.5. The van der Waals surface area contributed by atoms with E-state index >= 15 is 0 Å². The highest BCUT2D eigenvalue weighted by Crippen LogP contribution is 2.17. The smallest absolute Gasteiger partial charge is 0.269 e. The summed E-state index contributed by atoms with van der Waals surface area (Å²) >= 11 is 0. The highest BCUT2D eigenvalue weighted by Gasteiger charge is 2.07. The maximum absolute atomic E-state index is 12.2. The van der Waals surface area contributed by atoms with Gasteiger partial charge in [-0.3, -0.25) is 4.79 Å². The highest BCUT2D eigenvalue weighted by molar-refractivity contribution is 5.92. The third kappa shape index (κ3) is 5.08. The van der Waals surface area contributed by atoms with Crippen LogP contribution in [-0.4, -0.2) is 24.5 Å². The van der Waals surface area contributed by atoms with Gasteiger partial charge in [-0.2, -0.15) is 5.26 Å². The van der Waals surface area contributed by atoms with Crippen molar-refractivity contribution in [1.29, 1.82) is 5.26 Å². The van der Waals surface area contributed by atoms with Crippen molar-refractivity contribution in [3.05, 3.63) is 83.7 Å². The predicted octanol–water partition coefficient (Wildman–Crippen LogP) is 3.68. The van der Waals surface area contributed by atoms with Crippen molar-refractivity contribution >= 4 is 17.3 Å². The van der Waals surface area contributed by atoms with Crippen LogP contribution in [0.2, 0.25) is 0 Å². The number of nitrogens with zero attached hydrogens (tertiary/aromatic N) is 2. The zero-order valence-corrected chi connectivity index (χ0v) is 15.5. The Morgan fingerprint density at radius 1 is 1.11 bits per heavy atom. The molecule has 0 aliphatic carbocycles. The van der Waals surface area contributed by atoms with E-state index in [1.165, 1.54) is 0 Å². The van der Waals surface area contributed by atoms with Crippen LogP contribution in [-0.2, 0) is 6.42 Å². The lowest BCUT2D eigenvalue weighted by Gasteiger charge is -2.08. The summed E-state index contributed by atoms with van der Waals surface area (Å²) in [5.74, 6) is 0.594. The van der Waals surface area contributed by atoms with Crippen molar-refractivity contribution in [2.24, 2.45) is 0 Å². The van der Waals surface area contributed by atoms with E-state index in [-0.39, 0.29) is 5.91 Å². The number of pyridine rings is 1. The molecule has 0 unspecified atom stereocenters. The molecule has 0 spiro atoms. The summed E-state index contributed by atoms with van der Waals surface area (Å²) in [6.07, 6.45) is 2.32. The van der Waals surface area contributed by atoms with Crippen LogP contribution in [0.5, 0.6) is 5.75 Å². The van der Waals surface area contributed by atoms with Crippen LogP contribution in [0.4, 0.5) is 11.4 Å². The molecule has 0 radical (unpaired) electrons. The Hall–Kier alpha value is -3.85. The van der Waals surface area contributed by atoms with Crippen LogP contribution in [0, 0.1) is 11.3 Å². The van der Waals surface area contributed by atoms with Gasteiger partial charge >= 0.3 is 0 Å². The molecular formula is C22H20N4O2. The lowest BCUT2D eigenvalue weighted by Crippen LogP contribution is -2.26. The van der Waals surface area contributed by atoms with Crippen molar-refractivity contribution in [2.45, 2.75) is 6.42 Å². The van der Waals surface area contributed by atoms with E-state index in [0.29, 0.717) is 17.8 Å². The number of benzene rings is 2. The van der Waals surface area contributed by atoms with Crippen LogP contribution >= 0.6 is 0 Å². The Morgan fingerprint density at radius 2 is 1.93 bits per heavy atom. The van der Waals surface area contributed by atoms with E-state index < -0.39 is 0 Å². The summed E-state index contributed by atoms with van der Waals surface area (Å²) in [6, 6.07) is 20.5. The molecule has 0 bridgehead atoms. The Labute approximate surface area is 163 Å². The minimum absolute atomic E-state index is 0.216. The van der Waals surface area contributed by atoms with Crippen molar-refractivity contribution in [3.63, 3.8) is 0 Å². The van der Waals surface area contributed by atoms with E-state index in [0.717, 1.165) is 29.1 Å². The van der Waals surface area contributed by atoms with E-state index in [4.69, 9.17) is 10.00 Å². The fraction of sp³-hybridized carbons (Fsp3) is 0.136. The van der Waals surface area contributed by atoms with E-state index in [1.807, 2.05) is 30.3 Å². The first-order chi connectivity index (χ1) is 13.7. The van der Waals surface area contributed by atoms with Gasteiger partial charge < -0.3 is 15.4 Å². The molecule has 140 valence electrons. The SMILES string of the molecule is COc1ccc(CCNC(=O)c2ccc(Nc3cccc(C#N)c3)cn2)cc1. The van der Waals surface area contributed by atoms with Gasteiger partial charge in [-0.25, -0.2) is 4.98 Å². The quantitative estimate of drug-likeness (QED) is 0.661. The molecule has 0 saturated heterocycles. The molecule has 1 aromatic heterocycles. The van der Waals surface area contributed by atoms with E-state index in [9.17, 15) is 4.79 Å². The average molecular weight is 372 g/mol. The van der Waals surface area contributed by atoms with Gasteiger partial charge in [-0.05, 0) is 54.4 Å². The summed E-state index contributed by atoms with van der Waals surface area (Å²) in [4.78, 5) is 16.4. The number of amides is 1. The Kier molecular flexibility index (Phi) is 6.21. The third-order valence-corrected chi connectivity index (χ3v) is 4.13. The highest BCUT2D eigenvalue weighted by atomic mass is 16.5. The first kappa shape index (κ1) is 18.9. The zero-order chi connectivity index (χ0) is 19.8. The lowest BCUT2D eigenvalue weighted by molar-refractivity contribution is 0.0949. The maximum Gasteiger partial charge on any atom is 0.269 e. The fourth-order valence-electron chi connectivity index (χ4n) is 2.64. The topological polar surface area (TPSA) is 87.0 Å². The summed E-state index contributed by atoms with van der Waals surface area (Å²) < 4.78 is 5.13. The number of methoxy groups -OCH3 is 1. The van der Waals surface area contributed by atoms with Crippen LogP contribution in [0.3, 0.4) is 0 Å². The molecule has 6 heteroatoms. The largest absolute Gasteiger partial charge is 0.497 e. The Balaban J connectivity index is 1.52. The number of nitrogens with one attached hydrogen (secondary N) is 2. The van der Waals surface area contributed by atoms with Crippen molar-refractivity contribution < 1.29 is 9.53 Å². The summed E-state index contributed by atoms with van der Waals surface area (Å²) in [6.45, 7) is 0.522. The molecule has 0 atom stereocenters. The summed E-state index contributed by atoms with van der Waals surface area (Å²) in [7, 11) is 1.63. The molecule has 1 heterocycles. The molecule has 28 heavy (non-hydrogen) atoms. The van der Waals surface area contributed by atoms with Crippen molar-refractivity contribution in [3.8, 4) is 11.8 Å². The van der Waals surface area contributed by atoms with Crippen LogP contribution in [0.15, 0.2) is 66.9 Å². The van der Waals surface area contributed by atoms with E-state index in [2.05, 4.69) is 21.7 Å². The molecule has 0 saturated carbocycles. The predicted molar refractivity (Wildman–Crippen MR) is 108 cm³/mol. The minimum atomic E-state index is -0.216. The second kappa shape index (κ2) is 9.19. The number of nitriles is 1. The Morgan fingerprint density at radius 3 is 2.61 bits per heavy atom. The molecule has 0 aliphatic heterocycles. The van der Waals surface area contributed by atoms with Gasteiger partial charge in [-0.15, -0.1) is 0 Å². The molecule has 1 amide bonds. The minimum Gasteiger partial charge on any atom is -0.497 e. The van der Waals surface area contributed by atoms with Gasteiger partial charge in [0.25, 0.3) is 5.91 Å². The molecular weight excluding hydrogens is 352 g/mol. The van der Waals surface area contributed by atoms with Gasteiger partial charge in [0, 0.05) is 12.2 Å². The maximum atomic E-state index is 12.2. The molecule has 2 N–H and O–H groups in total. The second-order valence-corrected chi connectivity index (χ2v) is 6.10. The van der Waals surface area contributed by atoms with E-state index in [1.54, 1.807) is 43.6 Å². The number of hydrogen-bond acceptors (Lipinski definition) is 5. The molecule has 0 fully saturated rings. The third-order valence-electron chi connectivity index (χ3n) is 4.13. The fourth-order valence-corrected chi connectivity index (χ4v) is 2.64. The van der Waals surface area contributed by atoms with Gasteiger partial charge in [-0.1, -0.05) is 18.2 Å². The molecule has 6 nitrogen and oxygen atoms in total. The lowest BCUT2D eigenvalue weighted by atomic mass is 10.1. The monoisotopic (exact) mass is 372 g/mol. The van der Waals surface area contributed by atoms with Gasteiger partial charge in [0.15, 0.2) is 0 Å². The number of carbonyl (C=O) groups is 1. The number of anilines is 2. The van der Waals surface area contributed by atoms with Gasteiger partial charge in [0.1, 0.15) is 11.4 Å². The molecule has 3 rings (SSSR count). The number of carbonyl (C=O) groups excluding carboxylic acids is 1. The standard InChI is InChI=1S/C22H20N4O2/c1-28-20-8-5-16(6-9-20)11-12-24-22(27)21-10-7-19(15-25-21)26-18-4-2-3-17(13-18)14-23/h2-10,13,15,26H,11-12H2,1H3,(H,24,27). The first-order valence-corrected chi connectivity index (χ1v) is 8.82. The first-order valence-electron chi connectivity index (χ1n) is 8.82. The van der Waals surface area contributed by atoms with Crippen molar-refractivity contribution in [1.82, 2.24) is 10.3 Å². The van der Waals surface area contributed by atoms with Crippen molar-refractivity contribution in [2.75, 3.05) is 19.0 Å². The molecule has 3 aromatic rings. The number of ether oxygens (including phenoxy) is 1. The number of rotatable bonds is 7. The van der Waals surface area contributed by atoms with Crippen LogP contribution in [0.1, 0.15) is 21.6 Å². The number of aromatic nitrogens is 1. The molecule has 0 aliphatic rings. The van der Waals surface area contributed by atoms with Gasteiger partial charge in [0.2, 0.25) is 0 Å². The van der Waals surface area contributed by atoms with Crippen LogP contribution < -0.4 is 15.4 Å². The number of hydrogen-bond donors (Lipinski definition) is 2.